The van der Waals surface area contributed by atoms with E-state index in [0.29, 0.717) is 16.8 Å². The summed E-state index contributed by atoms with van der Waals surface area (Å²) in [5.74, 6) is -0.263. The second kappa shape index (κ2) is 7.20. The Labute approximate surface area is 168 Å². The predicted molar refractivity (Wildman–Crippen MR) is 111 cm³/mol. The number of carbonyl (C=O) groups is 1. The summed E-state index contributed by atoms with van der Waals surface area (Å²) in [6, 6.07) is 14.3. The van der Waals surface area contributed by atoms with E-state index in [-0.39, 0.29) is 11.7 Å². The molecule has 1 amide bonds. The van der Waals surface area contributed by atoms with Gasteiger partial charge in [-0.3, -0.25) is 4.79 Å². The Morgan fingerprint density at radius 1 is 1.17 bits per heavy atom. The minimum atomic E-state index is -0.478. The first-order valence-corrected chi connectivity index (χ1v) is 9.42. The molecule has 1 N–H and O–H groups in total. The van der Waals surface area contributed by atoms with Crippen LogP contribution in [0.4, 0.5) is 4.39 Å². The number of halogens is 1. The van der Waals surface area contributed by atoms with Gasteiger partial charge >= 0.3 is 0 Å². The number of hydrogen-bond donors (Lipinski definition) is 1. The van der Waals surface area contributed by atoms with Gasteiger partial charge in [0.25, 0.3) is 0 Å². The van der Waals surface area contributed by atoms with Crippen LogP contribution in [-0.2, 0) is 4.79 Å². The van der Waals surface area contributed by atoms with E-state index >= 15 is 0 Å². The Balaban J connectivity index is 2.02. The molecular formula is C23H22FN3O2. The first kappa shape index (κ1) is 18.9. The van der Waals surface area contributed by atoms with Crippen molar-refractivity contribution in [3.63, 3.8) is 0 Å². The van der Waals surface area contributed by atoms with E-state index in [9.17, 15) is 9.18 Å². The molecule has 29 heavy (non-hydrogen) atoms. The minimum absolute atomic E-state index is 0.0632. The topological polar surface area (TPSA) is 62.1 Å². The van der Waals surface area contributed by atoms with Crippen molar-refractivity contribution in [2.24, 2.45) is 0 Å². The van der Waals surface area contributed by atoms with Crippen LogP contribution in [0.1, 0.15) is 24.2 Å². The molecular weight excluding hydrogens is 369 g/mol. The molecule has 1 unspecified atom stereocenters. The van der Waals surface area contributed by atoms with Gasteiger partial charge in [0.15, 0.2) is 0 Å². The second-order valence-electron chi connectivity index (χ2n) is 7.39. The molecule has 0 spiro atoms. The van der Waals surface area contributed by atoms with Crippen LogP contribution in [0.15, 0.2) is 53.1 Å². The van der Waals surface area contributed by atoms with Crippen LogP contribution >= 0.6 is 0 Å². The molecule has 0 fully saturated rings. The SMILES string of the molecule is Cc1onc(-c2ccccc2)c1-c1[nH]c2ccc(F)cc2c1C(C)C(=O)N(C)C. The first-order valence-electron chi connectivity index (χ1n) is 9.42. The molecule has 4 aromatic rings. The van der Waals surface area contributed by atoms with Crippen molar-refractivity contribution < 1.29 is 13.7 Å². The number of likely N-dealkylation sites (N-methyl/N-ethyl adjacent to an activating group) is 1. The number of amides is 1. The van der Waals surface area contributed by atoms with Crippen LogP contribution in [0.5, 0.6) is 0 Å². The summed E-state index contributed by atoms with van der Waals surface area (Å²) >= 11 is 0. The van der Waals surface area contributed by atoms with Gasteiger partial charge in [0.2, 0.25) is 5.91 Å². The van der Waals surface area contributed by atoms with Gasteiger partial charge in [-0.1, -0.05) is 35.5 Å². The maximum Gasteiger partial charge on any atom is 0.229 e. The number of aromatic amines is 1. The molecule has 0 bridgehead atoms. The quantitative estimate of drug-likeness (QED) is 0.525. The summed E-state index contributed by atoms with van der Waals surface area (Å²) in [6.07, 6.45) is 0. The Bertz CT molecular complexity index is 1190. The summed E-state index contributed by atoms with van der Waals surface area (Å²) in [7, 11) is 3.43. The average molecular weight is 391 g/mol. The molecule has 148 valence electrons. The third kappa shape index (κ3) is 3.20. The van der Waals surface area contributed by atoms with Crippen molar-refractivity contribution in [1.29, 1.82) is 0 Å². The second-order valence-corrected chi connectivity index (χ2v) is 7.39. The summed E-state index contributed by atoms with van der Waals surface area (Å²) in [5, 5.41) is 4.95. The van der Waals surface area contributed by atoms with Gasteiger partial charge in [0.1, 0.15) is 17.3 Å². The number of rotatable bonds is 4. The molecule has 2 aromatic heterocycles. The molecule has 0 aliphatic heterocycles. The van der Waals surface area contributed by atoms with Crippen LogP contribution in [0.25, 0.3) is 33.4 Å². The van der Waals surface area contributed by atoms with E-state index < -0.39 is 5.92 Å². The predicted octanol–water partition coefficient (Wildman–Crippen LogP) is 5.13. The van der Waals surface area contributed by atoms with Crippen molar-refractivity contribution >= 4 is 16.8 Å². The fourth-order valence-electron chi connectivity index (χ4n) is 3.80. The van der Waals surface area contributed by atoms with E-state index in [2.05, 4.69) is 10.1 Å². The number of nitrogens with zero attached hydrogens (tertiary/aromatic N) is 2. The third-order valence-corrected chi connectivity index (χ3v) is 5.20. The largest absolute Gasteiger partial charge is 0.360 e. The molecule has 2 aromatic carbocycles. The molecule has 0 radical (unpaired) electrons. The van der Waals surface area contributed by atoms with E-state index in [0.717, 1.165) is 27.9 Å². The lowest BCUT2D eigenvalue weighted by Crippen LogP contribution is -2.26. The van der Waals surface area contributed by atoms with E-state index in [1.807, 2.05) is 44.2 Å². The Morgan fingerprint density at radius 3 is 2.59 bits per heavy atom. The van der Waals surface area contributed by atoms with Crippen molar-refractivity contribution in [2.75, 3.05) is 14.1 Å². The highest BCUT2D eigenvalue weighted by Crippen LogP contribution is 2.41. The molecule has 1 atom stereocenters. The minimum Gasteiger partial charge on any atom is -0.360 e. The van der Waals surface area contributed by atoms with E-state index in [4.69, 9.17) is 4.52 Å². The number of fused-ring (bicyclic) bond motifs is 1. The van der Waals surface area contributed by atoms with E-state index in [1.54, 1.807) is 25.1 Å². The van der Waals surface area contributed by atoms with Crippen LogP contribution in [-0.4, -0.2) is 35.0 Å². The zero-order valence-corrected chi connectivity index (χ0v) is 16.8. The summed E-state index contributed by atoms with van der Waals surface area (Å²) in [4.78, 5) is 17.7. The number of nitrogens with one attached hydrogen (secondary N) is 1. The van der Waals surface area contributed by atoms with Crippen LogP contribution in [0.3, 0.4) is 0 Å². The van der Waals surface area contributed by atoms with Crippen molar-refractivity contribution in [2.45, 2.75) is 19.8 Å². The zero-order chi connectivity index (χ0) is 20.7. The summed E-state index contributed by atoms with van der Waals surface area (Å²) in [6.45, 7) is 3.67. The monoisotopic (exact) mass is 391 g/mol. The number of benzene rings is 2. The highest BCUT2D eigenvalue weighted by molar-refractivity contribution is 5.99. The lowest BCUT2D eigenvalue weighted by Gasteiger charge is -2.18. The number of hydrogen-bond acceptors (Lipinski definition) is 3. The summed E-state index contributed by atoms with van der Waals surface area (Å²) in [5.41, 5.74) is 4.59. The zero-order valence-electron chi connectivity index (χ0n) is 16.8. The lowest BCUT2D eigenvalue weighted by molar-refractivity contribution is -0.129. The Hall–Kier alpha value is -3.41. The maximum absolute atomic E-state index is 14.1. The molecule has 2 heterocycles. The fraction of sp³-hybridized carbons (Fsp3) is 0.217. The Morgan fingerprint density at radius 2 is 1.90 bits per heavy atom. The summed E-state index contributed by atoms with van der Waals surface area (Å²) < 4.78 is 19.6. The van der Waals surface area contributed by atoms with Gasteiger partial charge in [0.05, 0.1) is 17.2 Å². The average Bonchev–Trinajstić information content (AvgIpc) is 3.27. The molecule has 0 saturated heterocycles. The maximum atomic E-state index is 14.1. The van der Waals surface area contributed by atoms with Gasteiger partial charge in [-0.2, -0.15) is 0 Å². The number of H-pyrrole nitrogens is 1. The number of aryl methyl sites for hydroxylation is 1. The number of carbonyl (C=O) groups excluding carboxylic acids is 1. The van der Waals surface area contributed by atoms with Crippen LogP contribution in [0.2, 0.25) is 0 Å². The highest BCUT2D eigenvalue weighted by atomic mass is 19.1. The normalized spacial score (nSPS) is 12.3. The molecule has 5 nitrogen and oxygen atoms in total. The van der Waals surface area contributed by atoms with E-state index in [1.165, 1.54) is 12.1 Å². The fourth-order valence-corrected chi connectivity index (χ4v) is 3.80. The lowest BCUT2D eigenvalue weighted by atomic mass is 9.92. The third-order valence-electron chi connectivity index (χ3n) is 5.20. The van der Waals surface area contributed by atoms with Crippen LogP contribution < -0.4 is 0 Å². The van der Waals surface area contributed by atoms with Gasteiger partial charge in [-0.05, 0) is 37.6 Å². The molecule has 6 heteroatoms. The van der Waals surface area contributed by atoms with Gasteiger partial charge in [-0.25, -0.2) is 4.39 Å². The van der Waals surface area contributed by atoms with Crippen molar-refractivity contribution in [3.8, 4) is 22.5 Å². The smallest absolute Gasteiger partial charge is 0.229 e. The van der Waals surface area contributed by atoms with Gasteiger partial charge < -0.3 is 14.4 Å². The standard InChI is InChI=1S/C23H22FN3O2/c1-13(23(28)27(3)4)19-17-12-16(24)10-11-18(17)25-22(19)20-14(2)29-26-21(20)15-8-6-5-7-9-15/h5-13,25H,1-4H3. The van der Waals surface area contributed by atoms with Crippen molar-refractivity contribution in [3.05, 3.63) is 65.7 Å². The van der Waals surface area contributed by atoms with Gasteiger partial charge in [-0.15, -0.1) is 0 Å². The van der Waals surface area contributed by atoms with Crippen molar-refractivity contribution in [1.82, 2.24) is 15.0 Å². The molecule has 0 aliphatic rings. The number of aromatic nitrogens is 2. The Kier molecular flexibility index (Phi) is 4.70. The molecule has 0 aliphatic carbocycles. The van der Waals surface area contributed by atoms with Crippen LogP contribution in [0, 0.1) is 12.7 Å². The highest BCUT2D eigenvalue weighted by Gasteiger charge is 2.29. The van der Waals surface area contributed by atoms with Gasteiger partial charge in [0, 0.05) is 30.6 Å². The molecule has 0 saturated carbocycles. The molecule has 4 rings (SSSR count). The first-order chi connectivity index (χ1) is 13.9.